The van der Waals surface area contributed by atoms with E-state index in [1.807, 2.05) is 5.32 Å². The number of carbonyl (C=O) groups excluding carboxylic acids is 2. The van der Waals surface area contributed by atoms with Crippen molar-refractivity contribution in [3.63, 3.8) is 0 Å². The van der Waals surface area contributed by atoms with Crippen molar-refractivity contribution in [1.29, 1.82) is 0 Å². The summed E-state index contributed by atoms with van der Waals surface area (Å²) in [4.78, 5) is 56.2. The maximum Gasteiger partial charge on any atom is 0.326 e. The molecule has 2 atom stereocenters. The van der Waals surface area contributed by atoms with Gasteiger partial charge >= 0.3 is 23.9 Å². The number of hydrogen-bond donors (Lipinski definition) is 7. The Hall–Kier alpha value is -2.93. The first-order chi connectivity index (χ1) is 14.2. The van der Waals surface area contributed by atoms with Gasteiger partial charge in [-0.25, -0.2) is 14.4 Å². The Morgan fingerprint density at radius 1 is 0.800 bits per heavy atom. The van der Waals surface area contributed by atoms with Crippen molar-refractivity contribution in [2.75, 3.05) is 26.4 Å². The zero-order valence-corrected chi connectivity index (χ0v) is 16.5. The quantitative estimate of drug-likeness (QED) is 0.135. The topological polar surface area (TPSA) is 212 Å². The minimum Gasteiger partial charge on any atom is -0.481 e. The SMILES string of the molecule is O=C(O)CC[C@H](NC(=O)N[C@@H](CCCCNC(=O)CCOCCO)C(=O)O)C(=O)O. The molecule has 0 fully saturated rings. The molecule has 0 saturated heterocycles. The zero-order chi connectivity index (χ0) is 22.9. The van der Waals surface area contributed by atoms with Crippen LogP contribution in [0.25, 0.3) is 0 Å². The number of rotatable bonds is 17. The average Bonchev–Trinajstić information content (AvgIpc) is 2.66. The molecular formula is C17H29N3O10. The molecule has 0 aromatic carbocycles. The molecule has 0 aromatic heterocycles. The Kier molecular flexibility index (Phi) is 14.4. The number of unbranched alkanes of at least 4 members (excludes halogenated alkanes) is 1. The largest absolute Gasteiger partial charge is 0.481 e. The van der Waals surface area contributed by atoms with Crippen LogP contribution in [-0.4, -0.2) is 88.7 Å². The molecule has 0 spiro atoms. The number of hydrogen-bond acceptors (Lipinski definition) is 7. The van der Waals surface area contributed by atoms with Crippen molar-refractivity contribution in [3.8, 4) is 0 Å². The summed E-state index contributed by atoms with van der Waals surface area (Å²) in [6, 6.07) is -3.77. The number of carboxylic acid groups (broad SMARTS) is 3. The third-order valence-corrected chi connectivity index (χ3v) is 3.80. The zero-order valence-electron chi connectivity index (χ0n) is 16.5. The van der Waals surface area contributed by atoms with E-state index in [9.17, 15) is 29.1 Å². The minimum absolute atomic E-state index is 0.0467. The van der Waals surface area contributed by atoms with Gasteiger partial charge in [-0.15, -0.1) is 0 Å². The average molecular weight is 435 g/mol. The van der Waals surface area contributed by atoms with Gasteiger partial charge in [-0.2, -0.15) is 0 Å². The van der Waals surface area contributed by atoms with E-state index >= 15 is 0 Å². The molecule has 0 unspecified atom stereocenters. The van der Waals surface area contributed by atoms with Gasteiger partial charge in [0, 0.05) is 19.4 Å². The molecule has 0 aromatic rings. The first-order valence-corrected chi connectivity index (χ1v) is 9.37. The molecular weight excluding hydrogens is 406 g/mol. The summed E-state index contributed by atoms with van der Waals surface area (Å²) < 4.78 is 4.96. The highest BCUT2D eigenvalue weighted by molar-refractivity contribution is 5.86. The standard InChI is InChI=1S/C17H29N3O10/c21-8-10-30-9-6-13(22)18-7-2-1-3-11(15(25)26)19-17(29)20-12(16(27)28)4-5-14(23)24/h11-12,21H,1-10H2,(H,18,22)(H,23,24)(H,25,26)(H,27,28)(H2,19,20,29)/t11-,12-/m0/s1. The number of carbonyl (C=O) groups is 5. The van der Waals surface area contributed by atoms with E-state index < -0.39 is 42.4 Å². The highest BCUT2D eigenvalue weighted by Crippen LogP contribution is 2.03. The highest BCUT2D eigenvalue weighted by atomic mass is 16.5. The number of urea groups is 1. The molecule has 0 rings (SSSR count). The number of aliphatic carboxylic acids is 3. The Morgan fingerprint density at radius 3 is 1.93 bits per heavy atom. The van der Waals surface area contributed by atoms with Gasteiger partial charge in [0.15, 0.2) is 0 Å². The van der Waals surface area contributed by atoms with Gasteiger partial charge in [0.25, 0.3) is 0 Å². The van der Waals surface area contributed by atoms with Crippen molar-refractivity contribution < 1.29 is 49.1 Å². The molecule has 0 bridgehead atoms. The summed E-state index contributed by atoms with van der Waals surface area (Å²) in [5.74, 6) is -4.22. The lowest BCUT2D eigenvalue weighted by Crippen LogP contribution is -2.51. The van der Waals surface area contributed by atoms with Crippen LogP contribution in [0.1, 0.15) is 38.5 Å². The van der Waals surface area contributed by atoms with Crippen molar-refractivity contribution in [3.05, 3.63) is 0 Å². The predicted molar refractivity (Wildman–Crippen MR) is 101 cm³/mol. The molecule has 3 amide bonds. The summed E-state index contributed by atoms with van der Waals surface area (Å²) in [5.41, 5.74) is 0. The fourth-order valence-corrected chi connectivity index (χ4v) is 2.26. The van der Waals surface area contributed by atoms with Crippen molar-refractivity contribution in [1.82, 2.24) is 16.0 Å². The number of nitrogens with one attached hydrogen (secondary N) is 3. The number of aliphatic hydroxyl groups is 1. The number of ether oxygens (including phenoxy) is 1. The van der Waals surface area contributed by atoms with E-state index in [0.717, 1.165) is 0 Å². The second-order valence-corrected chi connectivity index (χ2v) is 6.26. The lowest BCUT2D eigenvalue weighted by atomic mass is 10.1. The van der Waals surface area contributed by atoms with Crippen LogP contribution < -0.4 is 16.0 Å². The van der Waals surface area contributed by atoms with Gasteiger partial charge in [0.2, 0.25) is 5.91 Å². The molecule has 13 heteroatoms. The molecule has 13 nitrogen and oxygen atoms in total. The third kappa shape index (κ3) is 14.1. The van der Waals surface area contributed by atoms with E-state index in [4.69, 9.17) is 20.1 Å². The van der Waals surface area contributed by atoms with Crippen LogP contribution in [0.15, 0.2) is 0 Å². The number of amides is 3. The normalized spacial score (nSPS) is 12.4. The van der Waals surface area contributed by atoms with Crippen molar-refractivity contribution in [2.45, 2.75) is 50.6 Å². The number of carboxylic acids is 3. The second-order valence-electron chi connectivity index (χ2n) is 6.26. The van der Waals surface area contributed by atoms with Crippen molar-refractivity contribution >= 4 is 29.8 Å². The Bertz CT molecular complexity index is 584. The van der Waals surface area contributed by atoms with E-state index in [0.29, 0.717) is 19.4 Å². The summed E-state index contributed by atoms with van der Waals surface area (Å²) in [6.45, 7) is 0.499. The monoisotopic (exact) mass is 435 g/mol. The van der Waals surface area contributed by atoms with Crippen LogP contribution in [0.5, 0.6) is 0 Å². The fraction of sp³-hybridized carbons (Fsp3) is 0.706. The van der Waals surface area contributed by atoms with Crippen LogP contribution >= 0.6 is 0 Å². The Balaban J connectivity index is 4.23. The Labute approximate surface area is 172 Å². The van der Waals surface area contributed by atoms with Gasteiger partial charge in [0.05, 0.1) is 19.8 Å². The molecule has 30 heavy (non-hydrogen) atoms. The van der Waals surface area contributed by atoms with Gasteiger partial charge < -0.3 is 41.1 Å². The Morgan fingerprint density at radius 2 is 1.40 bits per heavy atom. The van der Waals surface area contributed by atoms with Crippen LogP contribution in [0.4, 0.5) is 4.79 Å². The molecule has 0 aliphatic carbocycles. The van der Waals surface area contributed by atoms with Crippen LogP contribution in [0.2, 0.25) is 0 Å². The first kappa shape index (κ1) is 27.1. The highest BCUT2D eigenvalue weighted by Gasteiger charge is 2.24. The fourth-order valence-electron chi connectivity index (χ4n) is 2.26. The first-order valence-electron chi connectivity index (χ1n) is 9.37. The minimum atomic E-state index is -1.47. The van der Waals surface area contributed by atoms with Crippen molar-refractivity contribution in [2.24, 2.45) is 0 Å². The maximum absolute atomic E-state index is 11.9. The molecule has 0 heterocycles. The molecule has 0 radical (unpaired) electrons. The molecule has 0 aliphatic heterocycles. The van der Waals surface area contributed by atoms with Crippen LogP contribution in [0, 0.1) is 0 Å². The predicted octanol–water partition coefficient (Wildman–Crippen LogP) is -1.26. The van der Waals surface area contributed by atoms with Gasteiger partial charge in [-0.3, -0.25) is 9.59 Å². The smallest absolute Gasteiger partial charge is 0.326 e. The van der Waals surface area contributed by atoms with E-state index in [-0.39, 0.29) is 45.0 Å². The molecule has 0 aliphatic rings. The van der Waals surface area contributed by atoms with E-state index in [2.05, 4.69) is 10.6 Å². The summed E-state index contributed by atoms with van der Waals surface area (Å²) in [6.07, 6.45) is 0.170. The van der Waals surface area contributed by atoms with Gasteiger partial charge in [-0.05, 0) is 25.7 Å². The summed E-state index contributed by atoms with van der Waals surface area (Å²) in [7, 11) is 0. The van der Waals surface area contributed by atoms with Gasteiger partial charge in [0.1, 0.15) is 12.1 Å². The summed E-state index contributed by atoms with van der Waals surface area (Å²) >= 11 is 0. The molecule has 172 valence electrons. The second kappa shape index (κ2) is 15.9. The molecule has 0 saturated carbocycles. The van der Waals surface area contributed by atoms with Crippen LogP contribution in [-0.2, 0) is 23.9 Å². The van der Waals surface area contributed by atoms with Gasteiger partial charge in [-0.1, -0.05) is 0 Å². The molecule has 7 N–H and O–H groups in total. The maximum atomic E-state index is 11.9. The number of aliphatic hydroxyl groups excluding tert-OH is 1. The third-order valence-electron chi connectivity index (χ3n) is 3.80. The van der Waals surface area contributed by atoms with E-state index in [1.54, 1.807) is 0 Å². The lowest BCUT2D eigenvalue weighted by Gasteiger charge is -2.18. The van der Waals surface area contributed by atoms with Crippen LogP contribution in [0.3, 0.4) is 0 Å². The lowest BCUT2D eigenvalue weighted by molar-refractivity contribution is -0.140. The van der Waals surface area contributed by atoms with E-state index in [1.165, 1.54) is 0 Å². The summed E-state index contributed by atoms with van der Waals surface area (Å²) in [5, 5.41) is 42.1.